The van der Waals surface area contributed by atoms with Gasteiger partial charge in [-0.3, -0.25) is 4.90 Å². The molecule has 6 heteroatoms. The Morgan fingerprint density at radius 2 is 1.50 bits per heavy atom. The van der Waals surface area contributed by atoms with Gasteiger partial charge in [-0.1, -0.05) is 36.4 Å². The van der Waals surface area contributed by atoms with Crippen molar-refractivity contribution in [2.75, 3.05) is 32.7 Å². The minimum Gasteiger partial charge on any atom is -0.422 e. The fraction of sp³-hybridized carbons (Fsp3) is 0.500. The molecule has 2 bridgehead atoms. The van der Waals surface area contributed by atoms with Gasteiger partial charge in [-0.15, -0.1) is 24.8 Å². The normalized spacial score (nSPS) is 23.4. The molecule has 172 valence electrons. The highest BCUT2D eigenvalue weighted by atomic mass is 35.5. The SMILES string of the molecule is Cl.Cl.O=c1oc2c(ccc3ccccc32)c2c1CN(CCN1CC3CCC(CC3)C1)CC2. The molecule has 0 N–H and O–H groups in total. The molecule has 3 aliphatic heterocycles. The largest absolute Gasteiger partial charge is 0.422 e. The first-order chi connectivity index (χ1) is 14.7. The van der Waals surface area contributed by atoms with Crippen molar-refractivity contribution in [3.05, 3.63) is 57.9 Å². The van der Waals surface area contributed by atoms with Gasteiger partial charge in [-0.05, 0) is 54.9 Å². The average molecular weight is 475 g/mol. The highest BCUT2D eigenvalue weighted by Gasteiger charge is 2.30. The standard InChI is InChI=1S/C26H30N2O2.2ClH/c29-26-24-17-27(13-14-28-15-18-5-6-19(16-28)8-7-18)12-11-22(24)23-10-9-20-3-1-2-4-21(20)25(23)30-26;;/h1-4,9-10,18-19H,5-8,11-17H2;2*1H. The van der Waals surface area contributed by atoms with Crippen LogP contribution in [0.4, 0.5) is 0 Å². The lowest BCUT2D eigenvalue weighted by molar-refractivity contribution is 0.182. The summed E-state index contributed by atoms with van der Waals surface area (Å²) in [7, 11) is 0. The van der Waals surface area contributed by atoms with Crippen molar-refractivity contribution in [3.63, 3.8) is 0 Å². The van der Waals surface area contributed by atoms with E-state index < -0.39 is 0 Å². The number of halogens is 2. The summed E-state index contributed by atoms with van der Waals surface area (Å²) in [6.07, 6.45) is 6.66. The molecule has 4 heterocycles. The lowest BCUT2D eigenvalue weighted by atomic mass is 9.84. The Hall–Kier alpha value is -1.59. The van der Waals surface area contributed by atoms with Crippen molar-refractivity contribution in [1.82, 2.24) is 9.80 Å². The Kier molecular flexibility index (Phi) is 7.16. The summed E-state index contributed by atoms with van der Waals surface area (Å²) in [5.74, 6) is 1.83. The molecule has 3 aromatic rings. The molecule has 1 aromatic heterocycles. The maximum atomic E-state index is 12.9. The first-order valence-corrected chi connectivity index (χ1v) is 11.7. The molecule has 0 radical (unpaired) electrons. The van der Waals surface area contributed by atoms with Crippen LogP contribution in [0.15, 0.2) is 45.6 Å². The van der Waals surface area contributed by atoms with E-state index in [1.165, 1.54) is 44.3 Å². The van der Waals surface area contributed by atoms with Gasteiger partial charge < -0.3 is 9.32 Å². The fourth-order valence-corrected chi connectivity index (χ4v) is 6.11. The smallest absolute Gasteiger partial charge is 0.341 e. The zero-order valence-corrected chi connectivity index (χ0v) is 20.1. The van der Waals surface area contributed by atoms with E-state index in [0.717, 1.165) is 71.7 Å². The molecule has 0 amide bonds. The highest BCUT2D eigenvalue weighted by molar-refractivity contribution is 6.05. The molecule has 4 nitrogen and oxygen atoms in total. The van der Waals surface area contributed by atoms with Gasteiger partial charge in [0.2, 0.25) is 0 Å². The Balaban J connectivity index is 0.00000122. The van der Waals surface area contributed by atoms with Gasteiger partial charge >= 0.3 is 5.63 Å². The number of hydrogen-bond acceptors (Lipinski definition) is 4. The van der Waals surface area contributed by atoms with Crippen LogP contribution in [-0.2, 0) is 13.0 Å². The summed E-state index contributed by atoms with van der Waals surface area (Å²) in [6.45, 7) is 6.49. The molecule has 3 fully saturated rings. The van der Waals surface area contributed by atoms with Crippen LogP contribution in [0.1, 0.15) is 36.8 Å². The summed E-state index contributed by atoms with van der Waals surface area (Å²) in [6, 6.07) is 12.5. The van der Waals surface area contributed by atoms with Crippen molar-refractivity contribution in [2.24, 2.45) is 11.8 Å². The third kappa shape index (κ3) is 4.31. The monoisotopic (exact) mass is 474 g/mol. The lowest BCUT2D eigenvalue weighted by Gasteiger charge is -2.31. The van der Waals surface area contributed by atoms with Gasteiger partial charge in [-0.25, -0.2) is 4.79 Å². The fourth-order valence-electron chi connectivity index (χ4n) is 6.11. The maximum Gasteiger partial charge on any atom is 0.341 e. The van der Waals surface area contributed by atoms with E-state index in [-0.39, 0.29) is 30.4 Å². The molecular formula is C26H32Cl2N2O2. The number of rotatable bonds is 3. The van der Waals surface area contributed by atoms with Crippen LogP contribution in [0.5, 0.6) is 0 Å². The molecule has 7 rings (SSSR count). The topological polar surface area (TPSA) is 36.7 Å². The van der Waals surface area contributed by atoms with Crippen LogP contribution in [0.25, 0.3) is 21.7 Å². The van der Waals surface area contributed by atoms with Crippen molar-refractivity contribution >= 4 is 46.6 Å². The second kappa shape index (κ2) is 9.72. The van der Waals surface area contributed by atoms with E-state index in [2.05, 4.69) is 34.1 Å². The average Bonchev–Trinajstić information content (AvgIpc) is 3.11. The quantitative estimate of drug-likeness (QED) is 0.382. The van der Waals surface area contributed by atoms with E-state index in [9.17, 15) is 4.79 Å². The van der Waals surface area contributed by atoms with Crippen molar-refractivity contribution in [2.45, 2.75) is 38.6 Å². The van der Waals surface area contributed by atoms with Gasteiger partial charge in [-0.2, -0.15) is 0 Å². The zero-order chi connectivity index (χ0) is 20.1. The van der Waals surface area contributed by atoms with Crippen molar-refractivity contribution in [3.8, 4) is 0 Å². The Bertz CT molecular complexity index is 1140. The second-order valence-corrected chi connectivity index (χ2v) is 9.68. The number of nitrogens with zero attached hydrogens (tertiary/aromatic N) is 2. The maximum absolute atomic E-state index is 12.9. The number of benzene rings is 2. The second-order valence-electron chi connectivity index (χ2n) is 9.68. The number of hydrogen-bond donors (Lipinski definition) is 0. The van der Waals surface area contributed by atoms with Gasteiger partial charge in [0, 0.05) is 50.0 Å². The molecule has 0 spiro atoms. The predicted octanol–water partition coefficient (Wildman–Crippen LogP) is 5.27. The van der Waals surface area contributed by atoms with Crippen LogP contribution in [0.2, 0.25) is 0 Å². The van der Waals surface area contributed by atoms with Crippen LogP contribution in [-0.4, -0.2) is 42.5 Å². The Labute approximate surface area is 201 Å². The van der Waals surface area contributed by atoms with Gasteiger partial charge in [0.05, 0.1) is 5.56 Å². The van der Waals surface area contributed by atoms with Crippen LogP contribution < -0.4 is 5.63 Å². The van der Waals surface area contributed by atoms with E-state index in [1.54, 1.807) is 0 Å². The molecule has 1 saturated carbocycles. The zero-order valence-electron chi connectivity index (χ0n) is 18.4. The molecule has 2 aromatic carbocycles. The van der Waals surface area contributed by atoms with Crippen LogP contribution >= 0.6 is 24.8 Å². The van der Waals surface area contributed by atoms with Crippen molar-refractivity contribution < 1.29 is 4.42 Å². The molecule has 0 atom stereocenters. The Morgan fingerprint density at radius 3 is 2.25 bits per heavy atom. The van der Waals surface area contributed by atoms with E-state index in [0.29, 0.717) is 0 Å². The highest BCUT2D eigenvalue weighted by Crippen LogP contribution is 2.34. The first-order valence-electron chi connectivity index (χ1n) is 11.7. The van der Waals surface area contributed by atoms with Gasteiger partial charge in [0.25, 0.3) is 0 Å². The molecule has 0 unspecified atom stereocenters. The van der Waals surface area contributed by atoms with E-state index in [1.807, 2.05) is 12.1 Å². The molecule has 1 aliphatic carbocycles. The summed E-state index contributed by atoms with van der Waals surface area (Å²) in [5.41, 5.74) is 2.69. The van der Waals surface area contributed by atoms with Crippen LogP contribution in [0.3, 0.4) is 0 Å². The van der Waals surface area contributed by atoms with Crippen LogP contribution in [0, 0.1) is 11.8 Å². The summed E-state index contributed by atoms with van der Waals surface area (Å²) in [4.78, 5) is 18.1. The predicted molar refractivity (Wildman–Crippen MR) is 135 cm³/mol. The van der Waals surface area contributed by atoms with Gasteiger partial charge in [0.1, 0.15) is 5.58 Å². The third-order valence-electron chi connectivity index (χ3n) is 7.80. The Morgan fingerprint density at radius 1 is 0.812 bits per heavy atom. The third-order valence-corrected chi connectivity index (χ3v) is 7.80. The minimum absolute atomic E-state index is 0. The molecular weight excluding hydrogens is 443 g/mol. The summed E-state index contributed by atoms with van der Waals surface area (Å²) in [5, 5.41) is 3.28. The van der Waals surface area contributed by atoms with Gasteiger partial charge in [0.15, 0.2) is 0 Å². The lowest BCUT2D eigenvalue weighted by Crippen LogP contribution is -2.40. The van der Waals surface area contributed by atoms with E-state index in [4.69, 9.17) is 4.42 Å². The number of fused-ring (bicyclic) bond motifs is 9. The molecule has 2 saturated heterocycles. The minimum atomic E-state index is -0.147. The van der Waals surface area contributed by atoms with Crippen molar-refractivity contribution in [1.29, 1.82) is 0 Å². The molecule has 4 aliphatic rings. The summed E-state index contributed by atoms with van der Waals surface area (Å²) < 4.78 is 5.88. The summed E-state index contributed by atoms with van der Waals surface area (Å²) >= 11 is 0. The first kappa shape index (κ1) is 23.6. The van der Waals surface area contributed by atoms with E-state index >= 15 is 0 Å². The molecule has 32 heavy (non-hydrogen) atoms.